The summed E-state index contributed by atoms with van der Waals surface area (Å²) in [5, 5.41) is 7.96. The Kier molecular flexibility index (Phi) is 9.06. The van der Waals surface area contributed by atoms with Crippen molar-refractivity contribution in [2.75, 3.05) is 62.1 Å². The molecule has 12 heteroatoms. The van der Waals surface area contributed by atoms with E-state index >= 15 is 0 Å². The van der Waals surface area contributed by atoms with E-state index in [1.807, 2.05) is 31.2 Å². The second-order valence-electron chi connectivity index (χ2n) is 11.3. The molecule has 1 fully saturated rings. The lowest BCUT2D eigenvalue weighted by Crippen LogP contribution is -2.37. The van der Waals surface area contributed by atoms with Crippen molar-refractivity contribution in [2.24, 2.45) is 0 Å². The Hall–Kier alpha value is -4.06. The van der Waals surface area contributed by atoms with Gasteiger partial charge < -0.3 is 35.1 Å². The van der Waals surface area contributed by atoms with Crippen molar-refractivity contribution in [2.45, 2.75) is 39.0 Å². The minimum absolute atomic E-state index is 0.257. The van der Waals surface area contributed by atoms with E-state index in [9.17, 15) is 4.79 Å². The molecule has 1 amide bonds. The van der Waals surface area contributed by atoms with Crippen LogP contribution in [0.25, 0.3) is 5.65 Å². The molecule has 6 rings (SSSR count). The third-order valence-electron chi connectivity index (χ3n) is 8.00. The van der Waals surface area contributed by atoms with Crippen molar-refractivity contribution in [3.8, 4) is 5.75 Å². The molecule has 2 aliphatic rings. The summed E-state index contributed by atoms with van der Waals surface area (Å²) < 4.78 is 18.3. The summed E-state index contributed by atoms with van der Waals surface area (Å²) in [4.78, 5) is 22.5. The maximum absolute atomic E-state index is 13.4. The van der Waals surface area contributed by atoms with Gasteiger partial charge in [0.1, 0.15) is 5.75 Å². The first kappa shape index (κ1) is 30.0. The molecule has 4 aromatic rings. The zero-order valence-electron chi connectivity index (χ0n) is 25.1. The number of anilines is 3. The second kappa shape index (κ2) is 13.3. The van der Waals surface area contributed by atoms with Crippen LogP contribution in [0.5, 0.6) is 5.75 Å². The molecule has 2 aliphatic heterocycles. The molecular formula is C32H38ClN7O4. The first-order valence-corrected chi connectivity index (χ1v) is 15.3. The van der Waals surface area contributed by atoms with Crippen LogP contribution in [-0.4, -0.2) is 73.1 Å². The van der Waals surface area contributed by atoms with Crippen LogP contribution < -0.4 is 25.6 Å². The lowest BCUT2D eigenvalue weighted by Gasteiger charge is -2.31. The Labute approximate surface area is 261 Å². The number of nitrogens with zero attached hydrogens (tertiary/aromatic N) is 5. The quantitative estimate of drug-likeness (QED) is 0.253. The molecule has 0 saturated carbocycles. The average molecular weight is 620 g/mol. The Morgan fingerprint density at radius 1 is 1.14 bits per heavy atom. The number of imidazole rings is 1. The predicted octanol–water partition coefficient (Wildman–Crippen LogP) is 4.10. The summed E-state index contributed by atoms with van der Waals surface area (Å²) in [6, 6.07) is 13.7. The number of carbonyl (C=O) groups is 1. The molecule has 1 atom stereocenters. The lowest BCUT2D eigenvalue weighted by molar-refractivity contribution is 0.0815. The second-order valence-corrected chi connectivity index (χ2v) is 11.6. The number of benzene rings is 2. The third kappa shape index (κ3) is 6.54. The Morgan fingerprint density at radius 3 is 2.70 bits per heavy atom. The largest absolute Gasteiger partial charge is 0.497 e. The standard InChI is InChI=1S/C32H38ClN7O4/c1-21(19-44-20-23-14-24(34)16-25(15-23)38-10-12-43-13-11-38)36-32(41)28-17-35-31-29-27(30(33)37-40(28)31)4-3-9-39(29)18-22-5-7-26(42-2)8-6-22/h5-8,14-17,21H,3-4,9-13,18-20,34H2,1-2H3,(H,36,41)/t21-/m1/s1. The molecule has 0 radical (unpaired) electrons. The van der Waals surface area contributed by atoms with Gasteiger partial charge in [0.2, 0.25) is 0 Å². The minimum atomic E-state index is -0.298. The first-order chi connectivity index (χ1) is 21.4. The van der Waals surface area contributed by atoms with E-state index in [-0.39, 0.29) is 11.9 Å². The molecule has 11 nitrogen and oxygen atoms in total. The van der Waals surface area contributed by atoms with E-state index in [2.05, 4.69) is 43.4 Å². The monoisotopic (exact) mass is 619 g/mol. The number of amides is 1. The minimum Gasteiger partial charge on any atom is -0.497 e. The lowest BCUT2D eigenvalue weighted by atomic mass is 10.0. The number of hydrogen-bond donors (Lipinski definition) is 2. The number of halogens is 1. The van der Waals surface area contributed by atoms with Crippen LogP contribution in [-0.2, 0) is 29.0 Å². The summed E-state index contributed by atoms with van der Waals surface area (Å²) in [5.41, 5.74) is 12.9. The smallest absolute Gasteiger partial charge is 0.271 e. The molecule has 0 unspecified atom stereocenters. The third-order valence-corrected chi connectivity index (χ3v) is 8.30. The van der Waals surface area contributed by atoms with E-state index in [1.54, 1.807) is 17.8 Å². The SMILES string of the molecule is COc1ccc(CN2CCCc3c(Cl)nn4c(C(=O)N[C@H](C)COCc5cc(N)cc(N6CCOCC6)c5)cnc4c32)cc1. The number of nitrogens with two attached hydrogens (primary N) is 1. The van der Waals surface area contributed by atoms with Gasteiger partial charge in [-0.15, -0.1) is 0 Å². The highest BCUT2D eigenvalue weighted by molar-refractivity contribution is 6.30. The molecule has 0 spiro atoms. The average Bonchev–Trinajstić information content (AvgIpc) is 3.45. The predicted molar refractivity (Wildman–Crippen MR) is 171 cm³/mol. The molecule has 1 saturated heterocycles. The van der Waals surface area contributed by atoms with Crippen LogP contribution in [0, 0.1) is 0 Å². The summed E-state index contributed by atoms with van der Waals surface area (Å²) in [6.07, 6.45) is 3.32. The maximum atomic E-state index is 13.4. The van der Waals surface area contributed by atoms with E-state index in [0.717, 1.165) is 66.3 Å². The first-order valence-electron chi connectivity index (χ1n) is 14.9. The zero-order valence-corrected chi connectivity index (χ0v) is 25.8. The molecule has 2 aromatic heterocycles. The Morgan fingerprint density at radius 2 is 1.93 bits per heavy atom. The van der Waals surface area contributed by atoms with E-state index in [4.69, 9.17) is 31.5 Å². The number of carbonyl (C=O) groups excluding carboxylic acids is 1. The van der Waals surface area contributed by atoms with Crippen molar-refractivity contribution >= 4 is 40.2 Å². The number of ether oxygens (including phenoxy) is 3. The highest BCUT2D eigenvalue weighted by Crippen LogP contribution is 2.36. The van der Waals surface area contributed by atoms with E-state index < -0.39 is 0 Å². The van der Waals surface area contributed by atoms with Crippen LogP contribution in [0.3, 0.4) is 0 Å². The van der Waals surface area contributed by atoms with Crippen molar-refractivity contribution in [3.05, 3.63) is 76.2 Å². The van der Waals surface area contributed by atoms with Crippen molar-refractivity contribution < 1.29 is 19.0 Å². The van der Waals surface area contributed by atoms with Gasteiger partial charge in [-0.1, -0.05) is 23.7 Å². The van der Waals surface area contributed by atoms with Crippen LogP contribution in [0.4, 0.5) is 17.1 Å². The van der Waals surface area contributed by atoms with Gasteiger partial charge in [0, 0.05) is 49.2 Å². The Bertz CT molecular complexity index is 1620. The summed E-state index contributed by atoms with van der Waals surface area (Å²) >= 11 is 6.69. The fourth-order valence-electron chi connectivity index (χ4n) is 5.85. The van der Waals surface area contributed by atoms with Gasteiger partial charge in [-0.2, -0.15) is 5.10 Å². The molecule has 3 N–H and O–H groups in total. The van der Waals surface area contributed by atoms with Gasteiger partial charge in [0.25, 0.3) is 5.91 Å². The number of rotatable bonds is 10. The molecule has 4 heterocycles. The van der Waals surface area contributed by atoms with Crippen molar-refractivity contribution in [3.63, 3.8) is 0 Å². The van der Waals surface area contributed by atoms with Crippen LogP contribution >= 0.6 is 11.6 Å². The van der Waals surface area contributed by atoms with Crippen LogP contribution in [0.2, 0.25) is 5.15 Å². The number of nitrogen functional groups attached to an aromatic ring is 1. The van der Waals surface area contributed by atoms with Gasteiger partial charge in [0.15, 0.2) is 16.5 Å². The number of hydrogen-bond acceptors (Lipinski definition) is 9. The molecular weight excluding hydrogens is 582 g/mol. The molecule has 232 valence electrons. The molecule has 44 heavy (non-hydrogen) atoms. The van der Waals surface area contributed by atoms with Crippen molar-refractivity contribution in [1.82, 2.24) is 19.9 Å². The van der Waals surface area contributed by atoms with Crippen LogP contribution in [0.1, 0.15) is 40.5 Å². The summed E-state index contributed by atoms with van der Waals surface area (Å²) in [7, 11) is 1.66. The van der Waals surface area contributed by atoms with Gasteiger partial charge in [-0.25, -0.2) is 9.50 Å². The Balaban J connectivity index is 1.12. The van der Waals surface area contributed by atoms with E-state index in [0.29, 0.717) is 55.2 Å². The fourth-order valence-corrected chi connectivity index (χ4v) is 6.11. The number of morpholine rings is 1. The zero-order chi connectivity index (χ0) is 30.6. The van der Waals surface area contributed by atoms with Crippen LogP contribution in [0.15, 0.2) is 48.7 Å². The van der Waals surface area contributed by atoms with Gasteiger partial charge >= 0.3 is 0 Å². The highest BCUT2D eigenvalue weighted by atomic mass is 35.5. The summed E-state index contributed by atoms with van der Waals surface area (Å²) in [6.45, 7) is 7.20. The van der Waals surface area contributed by atoms with Gasteiger partial charge in [0.05, 0.1) is 45.4 Å². The number of fused-ring (bicyclic) bond motifs is 3. The number of nitrogens with one attached hydrogen (secondary N) is 1. The van der Waals surface area contributed by atoms with E-state index in [1.165, 1.54) is 0 Å². The molecule has 2 aromatic carbocycles. The number of methoxy groups -OCH3 is 1. The molecule has 0 bridgehead atoms. The highest BCUT2D eigenvalue weighted by Gasteiger charge is 2.27. The summed E-state index contributed by atoms with van der Waals surface area (Å²) in [5.74, 6) is 0.516. The van der Waals surface area contributed by atoms with Gasteiger partial charge in [-0.3, -0.25) is 4.79 Å². The van der Waals surface area contributed by atoms with Crippen molar-refractivity contribution in [1.29, 1.82) is 0 Å². The topological polar surface area (TPSA) is 119 Å². The maximum Gasteiger partial charge on any atom is 0.271 e. The molecule has 0 aliphatic carbocycles. The number of aromatic nitrogens is 3. The van der Waals surface area contributed by atoms with Gasteiger partial charge in [-0.05, 0) is 61.2 Å². The fraction of sp³-hybridized carbons (Fsp3) is 0.406. The normalized spacial score (nSPS) is 15.7.